The van der Waals surface area contributed by atoms with Crippen molar-refractivity contribution in [1.29, 1.82) is 0 Å². The van der Waals surface area contributed by atoms with E-state index in [2.05, 4.69) is 23.0 Å². The second-order valence-electron chi connectivity index (χ2n) is 8.19. The Balaban J connectivity index is 1.28. The first kappa shape index (κ1) is 20.7. The predicted octanol–water partition coefficient (Wildman–Crippen LogP) is 5.13. The molecule has 0 radical (unpaired) electrons. The minimum Gasteiger partial charge on any atom is -0.408 e. The Hall–Kier alpha value is -2.54. The van der Waals surface area contributed by atoms with Crippen molar-refractivity contribution in [3.63, 3.8) is 0 Å². The first-order valence-electron chi connectivity index (χ1n) is 10.4. The van der Waals surface area contributed by atoms with Gasteiger partial charge < -0.3 is 9.32 Å². The van der Waals surface area contributed by atoms with Gasteiger partial charge in [0.2, 0.25) is 0 Å². The first-order chi connectivity index (χ1) is 14.4. The van der Waals surface area contributed by atoms with Crippen LogP contribution in [0.5, 0.6) is 0 Å². The van der Waals surface area contributed by atoms with Gasteiger partial charge in [-0.25, -0.2) is 18.0 Å². The molecular formula is C23H25F3N2O2. The molecule has 1 saturated carbocycles. The number of aromatic amines is 1. The van der Waals surface area contributed by atoms with Gasteiger partial charge in [-0.1, -0.05) is 12.1 Å². The maximum atomic E-state index is 13.8. The van der Waals surface area contributed by atoms with Crippen molar-refractivity contribution in [1.82, 2.24) is 9.88 Å². The van der Waals surface area contributed by atoms with E-state index in [-0.39, 0.29) is 5.56 Å². The Bertz CT molecular complexity index is 1080. The van der Waals surface area contributed by atoms with Gasteiger partial charge in [-0.15, -0.1) is 0 Å². The molecule has 4 nitrogen and oxygen atoms in total. The molecule has 0 bridgehead atoms. The molecule has 3 aromatic rings. The minimum absolute atomic E-state index is 0.220. The van der Waals surface area contributed by atoms with E-state index in [0.29, 0.717) is 30.4 Å². The molecule has 0 aliphatic heterocycles. The molecule has 0 amide bonds. The predicted molar refractivity (Wildman–Crippen MR) is 109 cm³/mol. The first-order valence-corrected chi connectivity index (χ1v) is 10.4. The highest BCUT2D eigenvalue weighted by Gasteiger charge is 2.25. The molecule has 2 aromatic carbocycles. The zero-order chi connectivity index (χ0) is 21.3. The molecule has 0 saturated heterocycles. The number of nitrogens with zero attached hydrogens (tertiary/aromatic N) is 1. The Morgan fingerprint density at radius 3 is 2.60 bits per heavy atom. The number of hydrogen-bond donors (Lipinski definition) is 1. The van der Waals surface area contributed by atoms with E-state index in [9.17, 15) is 18.0 Å². The highest BCUT2D eigenvalue weighted by molar-refractivity contribution is 5.72. The molecule has 1 aliphatic rings. The van der Waals surface area contributed by atoms with E-state index in [0.717, 1.165) is 43.8 Å². The molecule has 1 N–H and O–H groups in total. The van der Waals surface area contributed by atoms with E-state index < -0.39 is 23.2 Å². The third-order valence-electron chi connectivity index (χ3n) is 6.31. The van der Waals surface area contributed by atoms with Gasteiger partial charge in [-0.3, -0.25) is 4.98 Å². The summed E-state index contributed by atoms with van der Waals surface area (Å²) in [5.41, 5.74) is 2.73. The Labute approximate surface area is 172 Å². The average molecular weight is 418 g/mol. The zero-order valence-corrected chi connectivity index (χ0v) is 16.9. The van der Waals surface area contributed by atoms with Gasteiger partial charge >= 0.3 is 5.76 Å². The quantitative estimate of drug-likeness (QED) is 0.565. The fourth-order valence-corrected chi connectivity index (χ4v) is 4.53. The molecule has 30 heavy (non-hydrogen) atoms. The fourth-order valence-electron chi connectivity index (χ4n) is 4.53. The summed E-state index contributed by atoms with van der Waals surface area (Å²) in [7, 11) is 2.06. The summed E-state index contributed by atoms with van der Waals surface area (Å²) in [5, 5.41) is 0. The van der Waals surface area contributed by atoms with Crippen LogP contribution in [0, 0.1) is 17.5 Å². The number of H-pyrrole nitrogens is 1. The van der Waals surface area contributed by atoms with Crippen molar-refractivity contribution in [2.45, 2.75) is 50.5 Å². The van der Waals surface area contributed by atoms with Crippen LogP contribution >= 0.6 is 0 Å². The van der Waals surface area contributed by atoms with Gasteiger partial charge in [-0.2, -0.15) is 0 Å². The summed E-state index contributed by atoms with van der Waals surface area (Å²) in [4.78, 5) is 16.3. The van der Waals surface area contributed by atoms with Gasteiger partial charge in [0, 0.05) is 6.04 Å². The maximum absolute atomic E-state index is 13.8. The summed E-state index contributed by atoms with van der Waals surface area (Å²) in [6.07, 6.45) is 5.26. The van der Waals surface area contributed by atoms with Crippen molar-refractivity contribution in [2.24, 2.45) is 0 Å². The van der Waals surface area contributed by atoms with Crippen molar-refractivity contribution in [2.75, 3.05) is 13.6 Å². The van der Waals surface area contributed by atoms with Gasteiger partial charge in [0.25, 0.3) is 0 Å². The number of halogens is 3. The van der Waals surface area contributed by atoms with Crippen LogP contribution in [0.15, 0.2) is 39.5 Å². The number of aromatic nitrogens is 1. The van der Waals surface area contributed by atoms with Crippen LogP contribution in [0.3, 0.4) is 0 Å². The van der Waals surface area contributed by atoms with Gasteiger partial charge in [0.15, 0.2) is 23.0 Å². The van der Waals surface area contributed by atoms with E-state index in [4.69, 9.17) is 4.42 Å². The molecule has 1 heterocycles. The van der Waals surface area contributed by atoms with Crippen LogP contribution in [0.4, 0.5) is 13.2 Å². The largest absolute Gasteiger partial charge is 0.417 e. The SMILES string of the molecule is CN(CCCc1ccc(F)c(F)c1F)C1CCC(c2ccc3[nH]c(=O)oc3c2)CC1. The van der Waals surface area contributed by atoms with Crippen LogP contribution in [0.2, 0.25) is 0 Å². The average Bonchev–Trinajstić information content (AvgIpc) is 3.13. The summed E-state index contributed by atoms with van der Waals surface area (Å²) in [6, 6.07) is 8.66. The van der Waals surface area contributed by atoms with Gasteiger partial charge in [0.05, 0.1) is 5.52 Å². The number of rotatable bonds is 6. The highest BCUT2D eigenvalue weighted by atomic mass is 19.2. The monoisotopic (exact) mass is 418 g/mol. The summed E-state index contributed by atoms with van der Waals surface area (Å²) < 4.78 is 45.4. The third-order valence-corrected chi connectivity index (χ3v) is 6.31. The lowest BCUT2D eigenvalue weighted by Gasteiger charge is -2.35. The standard InChI is InChI=1S/C23H25F3N2O2/c1-28(12-2-3-15-6-10-18(24)22(26)21(15)25)17-8-4-14(5-9-17)16-7-11-19-20(13-16)30-23(29)27-19/h6-7,10-11,13-14,17H,2-5,8-9,12H2,1H3,(H,27,29). The zero-order valence-electron chi connectivity index (χ0n) is 16.9. The second kappa shape index (κ2) is 8.68. The Morgan fingerprint density at radius 2 is 1.83 bits per heavy atom. The number of oxazole rings is 1. The molecular weight excluding hydrogens is 393 g/mol. The van der Waals surface area contributed by atoms with E-state index in [1.807, 2.05) is 12.1 Å². The lowest BCUT2D eigenvalue weighted by Crippen LogP contribution is -2.35. The lowest BCUT2D eigenvalue weighted by atomic mass is 9.81. The molecule has 0 spiro atoms. The van der Waals surface area contributed by atoms with Crippen molar-refractivity contribution in [3.8, 4) is 0 Å². The topological polar surface area (TPSA) is 49.2 Å². The summed E-state index contributed by atoms with van der Waals surface area (Å²) in [5.74, 6) is -3.61. The molecule has 4 rings (SSSR count). The minimum atomic E-state index is -1.39. The number of benzene rings is 2. The number of fused-ring (bicyclic) bond motifs is 1. The van der Waals surface area contributed by atoms with E-state index in [1.54, 1.807) is 0 Å². The second-order valence-corrected chi connectivity index (χ2v) is 8.19. The Kier molecular flexibility index (Phi) is 5.99. The number of nitrogens with one attached hydrogen (secondary N) is 1. The maximum Gasteiger partial charge on any atom is 0.417 e. The number of aryl methyl sites for hydroxylation is 1. The van der Waals surface area contributed by atoms with Crippen LogP contribution in [0.1, 0.15) is 49.1 Å². The highest BCUT2D eigenvalue weighted by Crippen LogP contribution is 2.35. The third kappa shape index (κ3) is 4.31. The van der Waals surface area contributed by atoms with Crippen LogP contribution in [-0.2, 0) is 6.42 Å². The summed E-state index contributed by atoms with van der Waals surface area (Å²) in [6.45, 7) is 0.772. The molecule has 0 unspecified atom stereocenters. The summed E-state index contributed by atoms with van der Waals surface area (Å²) >= 11 is 0. The normalized spacial score (nSPS) is 19.6. The van der Waals surface area contributed by atoms with Gasteiger partial charge in [-0.05, 0) is 87.4 Å². The van der Waals surface area contributed by atoms with E-state index in [1.165, 1.54) is 11.6 Å². The Morgan fingerprint density at radius 1 is 1.07 bits per heavy atom. The smallest absolute Gasteiger partial charge is 0.408 e. The van der Waals surface area contributed by atoms with Gasteiger partial charge in [0.1, 0.15) is 0 Å². The molecule has 1 aromatic heterocycles. The van der Waals surface area contributed by atoms with Crippen LogP contribution in [-0.4, -0.2) is 29.5 Å². The number of hydrogen-bond acceptors (Lipinski definition) is 3. The lowest BCUT2D eigenvalue weighted by molar-refractivity contribution is 0.180. The molecule has 7 heteroatoms. The van der Waals surface area contributed by atoms with Crippen molar-refractivity contribution >= 4 is 11.1 Å². The molecule has 160 valence electrons. The fraction of sp³-hybridized carbons (Fsp3) is 0.435. The van der Waals surface area contributed by atoms with Crippen molar-refractivity contribution < 1.29 is 17.6 Å². The van der Waals surface area contributed by atoms with Crippen LogP contribution in [0.25, 0.3) is 11.1 Å². The van der Waals surface area contributed by atoms with E-state index >= 15 is 0 Å². The molecule has 1 aliphatic carbocycles. The molecule has 1 fully saturated rings. The van der Waals surface area contributed by atoms with Crippen LogP contribution < -0.4 is 5.76 Å². The molecule has 0 atom stereocenters. The van der Waals surface area contributed by atoms with Crippen molar-refractivity contribution in [3.05, 3.63) is 69.5 Å².